The quantitative estimate of drug-likeness (QED) is 0.873. The Balaban J connectivity index is 2.56. The smallest absolute Gasteiger partial charge is 0.119 e. The molecule has 0 amide bonds. The zero-order chi connectivity index (χ0) is 13.8. The molecule has 0 saturated heterocycles. The second-order valence-corrected chi connectivity index (χ2v) is 5.77. The molecule has 1 aromatic rings. The van der Waals surface area contributed by atoms with Crippen molar-refractivity contribution >= 4 is 0 Å². The molecule has 3 heteroatoms. The van der Waals surface area contributed by atoms with Gasteiger partial charge in [0.05, 0.1) is 24.4 Å². The maximum absolute atomic E-state index is 6.09. The molecule has 1 unspecified atom stereocenters. The molecule has 18 heavy (non-hydrogen) atoms. The number of benzene rings is 1. The van der Waals surface area contributed by atoms with Crippen molar-refractivity contribution in [2.24, 2.45) is 5.73 Å². The first-order chi connectivity index (χ1) is 8.28. The number of rotatable bonds is 5. The van der Waals surface area contributed by atoms with Crippen LogP contribution in [-0.4, -0.2) is 18.3 Å². The third-order valence-electron chi connectivity index (χ3n) is 2.38. The van der Waals surface area contributed by atoms with Crippen LogP contribution in [0.4, 0.5) is 0 Å². The molecule has 102 valence electrons. The molecule has 1 rings (SSSR count). The predicted molar refractivity (Wildman–Crippen MR) is 74.8 cm³/mol. The van der Waals surface area contributed by atoms with Crippen molar-refractivity contribution in [3.63, 3.8) is 0 Å². The van der Waals surface area contributed by atoms with E-state index in [1.807, 2.05) is 58.9 Å². The fraction of sp³-hybridized carbons (Fsp3) is 0.600. The summed E-state index contributed by atoms with van der Waals surface area (Å²) >= 11 is 0. The highest BCUT2D eigenvalue weighted by atomic mass is 16.5. The van der Waals surface area contributed by atoms with Gasteiger partial charge in [0.25, 0.3) is 0 Å². The van der Waals surface area contributed by atoms with Gasteiger partial charge < -0.3 is 15.2 Å². The molecular formula is C15H25NO2. The number of hydrogen-bond donors (Lipinski definition) is 1. The van der Waals surface area contributed by atoms with Gasteiger partial charge in [-0.25, -0.2) is 0 Å². The van der Waals surface area contributed by atoms with E-state index in [1.54, 1.807) is 0 Å². The molecule has 0 aliphatic heterocycles. The Morgan fingerprint density at radius 2 is 1.67 bits per heavy atom. The van der Waals surface area contributed by atoms with Gasteiger partial charge in [-0.1, -0.05) is 12.1 Å². The normalized spacial score (nSPS) is 13.7. The molecule has 0 aliphatic rings. The van der Waals surface area contributed by atoms with Crippen molar-refractivity contribution in [3.05, 3.63) is 29.8 Å². The van der Waals surface area contributed by atoms with E-state index in [0.717, 1.165) is 11.3 Å². The summed E-state index contributed by atoms with van der Waals surface area (Å²) in [5, 5.41) is 0. The van der Waals surface area contributed by atoms with Gasteiger partial charge in [0.1, 0.15) is 5.75 Å². The Hall–Kier alpha value is -1.06. The summed E-state index contributed by atoms with van der Waals surface area (Å²) in [4.78, 5) is 0. The summed E-state index contributed by atoms with van der Waals surface area (Å²) in [5.41, 5.74) is 7.00. The third kappa shape index (κ3) is 5.52. The van der Waals surface area contributed by atoms with Crippen molar-refractivity contribution in [1.82, 2.24) is 0 Å². The Kier molecular flexibility index (Phi) is 5.17. The van der Waals surface area contributed by atoms with E-state index in [4.69, 9.17) is 15.2 Å². The highest BCUT2D eigenvalue weighted by molar-refractivity contribution is 5.29. The zero-order valence-corrected chi connectivity index (χ0v) is 12.1. The lowest BCUT2D eigenvalue weighted by Gasteiger charge is -2.22. The molecule has 0 fully saturated rings. The molecule has 0 heterocycles. The first kappa shape index (κ1) is 15.0. The molecule has 0 saturated carbocycles. The van der Waals surface area contributed by atoms with Crippen LogP contribution in [0.1, 0.15) is 46.2 Å². The van der Waals surface area contributed by atoms with Gasteiger partial charge in [-0.3, -0.25) is 0 Å². The van der Waals surface area contributed by atoms with Gasteiger partial charge in [0, 0.05) is 0 Å². The van der Waals surface area contributed by atoms with Crippen molar-refractivity contribution in [2.45, 2.75) is 52.4 Å². The average Bonchev–Trinajstić information content (AvgIpc) is 2.25. The van der Waals surface area contributed by atoms with E-state index >= 15 is 0 Å². The first-order valence-corrected chi connectivity index (χ1v) is 6.44. The van der Waals surface area contributed by atoms with Gasteiger partial charge in [0.15, 0.2) is 0 Å². The van der Waals surface area contributed by atoms with E-state index in [9.17, 15) is 0 Å². The lowest BCUT2D eigenvalue weighted by molar-refractivity contribution is -0.0102. The first-order valence-electron chi connectivity index (χ1n) is 6.44. The Bertz CT molecular complexity index is 352. The number of hydrogen-bond acceptors (Lipinski definition) is 3. The summed E-state index contributed by atoms with van der Waals surface area (Å²) in [7, 11) is 0. The molecule has 1 aromatic carbocycles. The standard InChI is InChI=1S/C15H25NO2/c1-11(2)18-13-8-6-12(7-9-13)14(16)10-17-15(3,4)5/h6-9,11,14H,10,16H2,1-5H3. The van der Waals surface area contributed by atoms with Crippen molar-refractivity contribution in [2.75, 3.05) is 6.61 Å². The van der Waals surface area contributed by atoms with Crippen LogP contribution < -0.4 is 10.5 Å². The van der Waals surface area contributed by atoms with Crippen molar-refractivity contribution < 1.29 is 9.47 Å². The minimum atomic E-state index is -0.154. The Labute approximate surface area is 110 Å². The van der Waals surface area contributed by atoms with Crippen LogP contribution in [0.3, 0.4) is 0 Å². The second-order valence-electron chi connectivity index (χ2n) is 5.77. The van der Waals surface area contributed by atoms with E-state index in [0.29, 0.717) is 6.61 Å². The molecule has 0 spiro atoms. The topological polar surface area (TPSA) is 44.5 Å². The minimum Gasteiger partial charge on any atom is -0.491 e. The molecule has 0 aliphatic carbocycles. The molecule has 0 bridgehead atoms. The summed E-state index contributed by atoms with van der Waals surface area (Å²) in [6, 6.07) is 7.79. The largest absolute Gasteiger partial charge is 0.491 e. The van der Waals surface area contributed by atoms with Crippen LogP contribution in [0.25, 0.3) is 0 Å². The highest BCUT2D eigenvalue weighted by Crippen LogP contribution is 2.19. The minimum absolute atomic E-state index is 0.0997. The second kappa shape index (κ2) is 6.21. The predicted octanol–water partition coefficient (Wildman–Crippen LogP) is 3.29. The monoisotopic (exact) mass is 251 g/mol. The average molecular weight is 251 g/mol. The van der Waals surface area contributed by atoms with Crippen LogP contribution in [0.2, 0.25) is 0 Å². The van der Waals surface area contributed by atoms with Crippen molar-refractivity contribution in [1.29, 1.82) is 0 Å². The van der Waals surface area contributed by atoms with Crippen LogP contribution in [0.5, 0.6) is 5.75 Å². The fourth-order valence-electron chi connectivity index (χ4n) is 1.50. The van der Waals surface area contributed by atoms with Crippen LogP contribution in [0.15, 0.2) is 24.3 Å². The lowest BCUT2D eigenvalue weighted by atomic mass is 10.1. The van der Waals surface area contributed by atoms with E-state index in [2.05, 4.69) is 0 Å². The SMILES string of the molecule is CC(C)Oc1ccc(C(N)COC(C)(C)C)cc1. The van der Waals surface area contributed by atoms with Gasteiger partial charge in [0.2, 0.25) is 0 Å². The Morgan fingerprint density at radius 3 is 2.11 bits per heavy atom. The van der Waals surface area contributed by atoms with Gasteiger partial charge in [-0.2, -0.15) is 0 Å². The number of ether oxygens (including phenoxy) is 2. The molecular weight excluding hydrogens is 226 g/mol. The maximum atomic E-state index is 6.09. The summed E-state index contributed by atoms with van der Waals surface area (Å²) in [6.45, 7) is 10.6. The maximum Gasteiger partial charge on any atom is 0.119 e. The fourth-order valence-corrected chi connectivity index (χ4v) is 1.50. The Morgan fingerprint density at radius 1 is 1.11 bits per heavy atom. The molecule has 3 nitrogen and oxygen atoms in total. The van der Waals surface area contributed by atoms with Crippen molar-refractivity contribution in [3.8, 4) is 5.75 Å². The van der Waals surface area contributed by atoms with Crippen LogP contribution in [-0.2, 0) is 4.74 Å². The van der Waals surface area contributed by atoms with E-state index in [1.165, 1.54) is 0 Å². The van der Waals surface area contributed by atoms with Crippen LogP contribution in [0, 0.1) is 0 Å². The van der Waals surface area contributed by atoms with Gasteiger partial charge in [-0.15, -0.1) is 0 Å². The highest BCUT2D eigenvalue weighted by Gasteiger charge is 2.14. The lowest BCUT2D eigenvalue weighted by Crippen LogP contribution is -2.26. The molecule has 2 N–H and O–H groups in total. The van der Waals surface area contributed by atoms with E-state index in [-0.39, 0.29) is 17.7 Å². The van der Waals surface area contributed by atoms with Gasteiger partial charge in [-0.05, 0) is 52.3 Å². The van der Waals surface area contributed by atoms with E-state index < -0.39 is 0 Å². The molecule has 0 radical (unpaired) electrons. The summed E-state index contributed by atoms with van der Waals surface area (Å²) in [6.07, 6.45) is 0.189. The third-order valence-corrected chi connectivity index (χ3v) is 2.38. The van der Waals surface area contributed by atoms with Crippen LogP contribution >= 0.6 is 0 Å². The molecule has 1 atom stereocenters. The number of nitrogens with two attached hydrogens (primary N) is 1. The van der Waals surface area contributed by atoms with Gasteiger partial charge >= 0.3 is 0 Å². The summed E-state index contributed by atoms with van der Waals surface area (Å²) in [5.74, 6) is 0.873. The zero-order valence-electron chi connectivity index (χ0n) is 12.1. The molecule has 0 aromatic heterocycles. The summed E-state index contributed by atoms with van der Waals surface area (Å²) < 4.78 is 11.3.